The van der Waals surface area contributed by atoms with E-state index in [2.05, 4.69) is 241 Å². The summed E-state index contributed by atoms with van der Waals surface area (Å²) in [6.07, 6.45) is 0. The van der Waals surface area contributed by atoms with Crippen LogP contribution in [0.2, 0.25) is 0 Å². The molecule has 0 aliphatic heterocycles. The Morgan fingerprint density at radius 2 is 0.875 bits per heavy atom. The van der Waals surface area contributed by atoms with Gasteiger partial charge in [-0.3, -0.25) is 0 Å². The molecule has 0 bridgehead atoms. The van der Waals surface area contributed by atoms with E-state index in [1.165, 1.54) is 58.0 Å². The normalized spacial score (nSPS) is 11.9. The summed E-state index contributed by atoms with van der Waals surface area (Å²) in [6, 6.07) is 88.0. The van der Waals surface area contributed by atoms with E-state index < -0.39 is 0 Å². The number of thiophene rings is 1. The van der Waals surface area contributed by atoms with E-state index >= 15 is 0 Å². The van der Waals surface area contributed by atoms with Gasteiger partial charge in [0.15, 0.2) is 17.5 Å². The van der Waals surface area contributed by atoms with Crippen LogP contribution in [0, 0.1) is 0 Å². The molecule has 0 radical (unpaired) electrons. The van der Waals surface area contributed by atoms with E-state index in [4.69, 9.17) is 15.0 Å². The summed E-state index contributed by atoms with van der Waals surface area (Å²) in [5.74, 6) is 1.85. The highest BCUT2D eigenvalue weighted by Gasteiger charge is 2.25. The van der Waals surface area contributed by atoms with Crippen LogP contribution in [0.5, 0.6) is 0 Å². The van der Waals surface area contributed by atoms with Gasteiger partial charge in [-0.2, -0.15) is 0 Å². The molecule has 0 aliphatic carbocycles. The zero-order valence-electron chi connectivity index (χ0n) is 38.8. The molecule has 12 aromatic carbocycles. The first-order valence-corrected chi connectivity index (χ1v) is 25.2. The summed E-state index contributed by atoms with van der Waals surface area (Å²) in [4.78, 5) is 16.5. The summed E-state index contributed by atoms with van der Waals surface area (Å²) < 4.78 is 5.04. The first-order chi connectivity index (χ1) is 35.7. The van der Waals surface area contributed by atoms with Crippen molar-refractivity contribution >= 4 is 96.4 Å². The summed E-state index contributed by atoms with van der Waals surface area (Å²) in [5, 5.41) is 14.1. The zero-order chi connectivity index (χ0) is 47.3. The molecule has 3 heterocycles. The Balaban J connectivity index is 1.12. The Morgan fingerprint density at radius 1 is 0.292 bits per heavy atom. The number of fused-ring (bicyclic) bond motifs is 11. The van der Waals surface area contributed by atoms with Gasteiger partial charge >= 0.3 is 0 Å². The molecule has 0 saturated carbocycles. The molecular formula is C67H40N4S. The molecule has 0 aliphatic rings. The lowest BCUT2D eigenvalue weighted by atomic mass is 9.88. The second kappa shape index (κ2) is 16.1. The number of aromatic nitrogens is 4. The molecule has 334 valence electrons. The van der Waals surface area contributed by atoms with Crippen molar-refractivity contribution in [3.05, 3.63) is 243 Å². The first kappa shape index (κ1) is 40.6. The fraction of sp³-hybridized carbons (Fsp3) is 0. The lowest BCUT2D eigenvalue weighted by molar-refractivity contribution is 1.08. The summed E-state index contributed by atoms with van der Waals surface area (Å²) in [7, 11) is 0. The maximum atomic E-state index is 5.61. The average Bonchev–Trinajstić information content (AvgIpc) is 3.99. The third kappa shape index (κ3) is 6.41. The second-order valence-electron chi connectivity index (χ2n) is 18.7. The topological polar surface area (TPSA) is 43.6 Å². The van der Waals surface area contributed by atoms with E-state index in [9.17, 15) is 0 Å². The van der Waals surface area contributed by atoms with Crippen LogP contribution in [0.15, 0.2) is 243 Å². The minimum atomic E-state index is 0.611. The highest BCUT2D eigenvalue weighted by atomic mass is 32.1. The van der Waals surface area contributed by atoms with Crippen molar-refractivity contribution < 1.29 is 0 Å². The number of hydrogen-bond donors (Lipinski definition) is 0. The highest BCUT2D eigenvalue weighted by molar-refractivity contribution is 7.25. The minimum absolute atomic E-state index is 0.611. The van der Waals surface area contributed by atoms with Crippen molar-refractivity contribution in [3.63, 3.8) is 0 Å². The Labute approximate surface area is 418 Å². The number of rotatable bonds is 6. The standard InChI is InChI=1S/C67H40N4S/c1-3-16-41(17-4-1)47-31-33-53-55(37-47)60(71-59-39-46-23-8-7-22-45(46)36-56(59)54-34-30-43-19-10-12-26-50(43)64(54)71)40-58(51-28-15-24-42-18-9-11-25-49(42)51)63(53)67-69-65(44-20-5-2-6-21-44)68-66(70-67)48-32-35-62-57(38-48)52-27-13-14-29-61(52)72-62/h1-40H. The quantitative estimate of drug-likeness (QED) is 0.167. The summed E-state index contributed by atoms with van der Waals surface area (Å²) in [5.41, 5.74) is 10.6. The van der Waals surface area contributed by atoms with Gasteiger partial charge in [0, 0.05) is 58.4 Å². The molecule has 15 aromatic rings. The smallest absolute Gasteiger partial charge is 0.165 e. The molecule has 5 heteroatoms. The average molecular weight is 933 g/mol. The van der Waals surface area contributed by atoms with E-state index in [-0.39, 0.29) is 0 Å². The van der Waals surface area contributed by atoms with Crippen molar-refractivity contribution in [2.24, 2.45) is 0 Å². The fourth-order valence-corrected chi connectivity index (χ4v) is 12.3. The third-order valence-electron chi connectivity index (χ3n) is 14.6. The van der Waals surface area contributed by atoms with Crippen LogP contribution in [0.1, 0.15) is 0 Å². The summed E-state index contributed by atoms with van der Waals surface area (Å²) >= 11 is 1.81. The van der Waals surface area contributed by atoms with Crippen LogP contribution < -0.4 is 0 Å². The zero-order valence-corrected chi connectivity index (χ0v) is 39.6. The van der Waals surface area contributed by atoms with Gasteiger partial charge in [-0.05, 0) is 103 Å². The van der Waals surface area contributed by atoms with Gasteiger partial charge in [-0.15, -0.1) is 11.3 Å². The first-order valence-electron chi connectivity index (χ1n) is 24.4. The Morgan fingerprint density at radius 3 is 1.68 bits per heavy atom. The van der Waals surface area contributed by atoms with Crippen molar-refractivity contribution in [3.8, 4) is 62.1 Å². The van der Waals surface area contributed by atoms with Crippen LogP contribution in [-0.2, 0) is 0 Å². The van der Waals surface area contributed by atoms with E-state index in [1.807, 2.05) is 17.4 Å². The predicted molar refractivity (Wildman–Crippen MR) is 304 cm³/mol. The molecular weight excluding hydrogens is 893 g/mol. The van der Waals surface area contributed by atoms with Crippen molar-refractivity contribution in [2.45, 2.75) is 0 Å². The maximum absolute atomic E-state index is 5.61. The highest BCUT2D eigenvalue weighted by Crippen LogP contribution is 2.47. The molecule has 0 fully saturated rings. The van der Waals surface area contributed by atoms with Gasteiger partial charge in [-0.25, -0.2) is 15.0 Å². The van der Waals surface area contributed by atoms with Crippen LogP contribution in [0.3, 0.4) is 0 Å². The molecule has 3 aromatic heterocycles. The number of hydrogen-bond acceptors (Lipinski definition) is 4. The van der Waals surface area contributed by atoms with Crippen molar-refractivity contribution in [2.75, 3.05) is 0 Å². The van der Waals surface area contributed by atoms with Gasteiger partial charge in [0.05, 0.1) is 16.7 Å². The Kier molecular flexibility index (Phi) is 9.10. The Bertz CT molecular complexity index is 4680. The predicted octanol–water partition coefficient (Wildman–Crippen LogP) is 18.3. The van der Waals surface area contributed by atoms with Gasteiger partial charge in [0.2, 0.25) is 0 Å². The van der Waals surface area contributed by atoms with Gasteiger partial charge in [0.25, 0.3) is 0 Å². The van der Waals surface area contributed by atoms with Gasteiger partial charge < -0.3 is 4.57 Å². The van der Waals surface area contributed by atoms with E-state index in [1.54, 1.807) is 0 Å². The molecule has 0 N–H and O–H groups in total. The molecule has 72 heavy (non-hydrogen) atoms. The largest absolute Gasteiger partial charge is 0.308 e. The van der Waals surface area contributed by atoms with Crippen molar-refractivity contribution in [1.29, 1.82) is 0 Å². The molecule has 0 unspecified atom stereocenters. The molecule has 0 saturated heterocycles. The molecule has 0 spiro atoms. The minimum Gasteiger partial charge on any atom is -0.308 e. The van der Waals surface area contributed by atoms with Crippen LogP contribution in [0.25, 0.3) is 147 Å². The lowest BCUT2D eigenvalue weighted by Crippen LogP contribution is -2.04. The lowest BCUT2D eigenvalue weighted by Gasteiger charge is -2.21. The second-order valence-corrected chi connectivity index (χ2v) is 19.8. The number of nitrogens with zero attached hydrogens (tertiary/aromatic N) is 4. The SMILES string of the molecule is c1ccc(-c2ccc3c(-c4nc(-c5ccccc5)nc(-c5ccc6sc7ccccc7c6c5)n4)c(-c4cccc5ccccc45)cc(-n4c5cc6ccccc6cc5c5ccc6ccccc6c54)c3c2)cc1. The maximum Gasteiger partial charge on any atom is 0.165 e. The summed E-state index contributed by atoms with van der Waals surface area (Å²) in [6.45, 7) is 0. The van der Waals surface area contributed by atoms with Crippen LogP contribution in [-0.4, -0.2) is 19.5 Å². The molecule has 0 atom stereocenters. The monoisotopic (exact) mass is 932 g/mol. The Hall–Kier alpha value is -9.29. The number of benzene rings is 12. The van der Waals surface area contributed by atoms with Crippen molar-refractivity contribution in [1.82, 2.24) is 19.5 Å². The van der Waals surface area contributed by atoms with E-state index in [0.717, 1.165) is 71.7 Å². The third-order valence-corrected chi connectivity index (χ3v) is 15.7. The van der Waals surface area contributed by atoms with Crippen LogP contribution >= 0.6 is 11.3 Å². The fourth-order valence-electron chi connectivity index (χ4n) is 11.2. The van der Waals surface area contributed by atoms with Crippen LogP contribution in [0.4, 0.5) is 0 Å². The van der Waals surface area contributed by atoms with Gasteiger partial charge in [0.1, 0.15) is 0 Å². The molecule has 4 nitrogen and oxygen atoms in total. The van der Waals surface area contributed by atoms with E-state index in [0.29, 0.717) is 17.5 Å². The molecule has 0 amide bonds. The molecule has 15 rings (SSSR count). The van der Waals surface area contributed by atoms with Gasteiger partial charge in [-0.1, -0.05) is 194 Å².